The van der Waals surface area contributed by atoms with Crippen molar-refractivity contribution in [1.82, 2.24) is 0 Å². The van der Waals surface area contributed by atoms with Crippen molar-refractivity contribution in [2.45, 2.75) is 44.9 Å². The second-order valence-electron chi connectivity index (χ2n) is 7.82. The topological polar surface area (TPSA) is 9.23 Å². The van der Waals surface area contributed by atoms with Crippen LogP contribution in [0.25, 0.3) is 11.1 Å². The van der Waals surface area contributed by atoms with Crippen molar-refractivity contribution < 1.29 is 26.7 Å². The summed E-state index contributed by atoms with van der Waals surface area (Å²) in [5.41, 5.74) is 4.22. The van der Waals surface area contributed by atoms with Crippen molar-refractivity contribution in [3.8, 4) is 16.9 Å². The molecule has 3 aromatic rings. The first-order valence-corrected chi connectivity index (χ1v) is 10.2. The molecular weight excluding hydrogens is 411 g/mol. The molecule has 1 aliphatic carbocycles. The van der Waals surface area contributed by atoms with Gasteiger partial charge in [-0.1, -0.05) is 31.2 Å². The Balaban J connectivity index is 1.57. The van der Waals surface area contributed by atoms with Crippen molar-refractivity contribution >= 4 is 0 Å². The van der Waals surface area contributed by atoms with Crippen LogP contribution >= 0.6 is 0 Å². The molecule has 0 heterocycles. The Bertz CT molecular complexity index is 1090. The van der Waals surface area contributed by atoms with Crippen molar-refractivity contribution in [3.05, 3.63) is 88.5 Å². The Morgan fingerprint density at radius 2 is 1.65 bits per heavy atom. The van der Waals surface area contributed by atoms with Crippen molar-refractivity contribution in [1.29, 1.82) is 0 Å². The highest BCUT2D eigenvalue weighted by Crippen LogP contribution is 2.37. The number of hydrogen-bond acceptors (Lipinski definition) is 1. The quantitative estimate of drug-likeness (QED) is 0.391. The number of rotatable bonds is 4. The lowest BCUT2D eigenvalue weighted by atomic mass is 9.79. The van der Waals surface area contributed by atoms with Crippen LogP contribution in [0.3, 0.4) is 0 Å². The normalized spacial score (nSPS) is 16.1. The zero-order valence-electron chi connectivity index (χ0n) is 16.9. The van der Waals surface area contributed by atoms with E-state index < -0.39 is 12.2 Å². The Hall–Kier alpha value is -2.89. The molecule has 0 bridgehead atoms. The average Bonchev–Trinajstić information content (AvgIpc) is 2.72. The fraction of sp³-hybridized carbons (Fsp3) is 0.280. The molecule has 1 unspecified atom stereocenters. The molecule has 1 aliphatic rings. The minimum atomic E-state index is -4.77. The molecule has 0 saturated carbocycles. The van der Waals surface area contributed by atoms with E-state index in [2.05, 4.69) is 4.74 Å². The van der Waals surface area contributed by atoms with Gasteiger partial charge in [0, 0.05) is 5.56 Å². The zero-order valence-corrected chi connectivity index (χ0v) is 16.9. The van der Waals surface area contributed by atoms with Crippen LogP contribution in [-0.2, 0) is 19.3 Å². The maximum absolute atomic E-state index is 14.9. The summed E-state index contributed by atoms with van der Waals surface area (Å²) in [5, 5.41) is 0. The van der Waals surface area contributed by atoms with Gasteiger partial charge in [0.1, 0.15) is 17.4 Å². The Morgan fingerprint density at radius 3 is 2.29 bits per heavy atom. The first-order chi connectivity index (χ1) is 14.7. The standard InChI is InChI=1S/C25H21F5O/c1-2-15-3-10-21(23(26)11-15)18-5-4-17-13-22(24(27)14-19(17)12-18)16-6-8-20(9-7-16)31-25(28,29)30/h3,6-11,13-14,18H,2,4-5,12H2,1H3. The predicted octanol–water partition coefficient (Wildman–Crippen LogP) is 7.37. The first kappa shape index (κ1) is 21.3. The number of aryl methyl sites for hydroxylation is 2. The summed E-state index contributed by atoms with van der Waals surface area (Å²) in [6.07, 6.45) is -2.03. The molecule has 0 fully saturated rings. The predicted molar refractivity (Wildman–Crippen MR) is 109 cm³/mol. The highest BCUT2D eigenvalue weighted by molar-refractivity contribution is 5.67. The third kappa shape index (κ3) is 4.73. The third-order valence-electron chi connectivity index (χ3n) is 5.83. The largest absolute Gasteiger partial charge is 0.573 e. The van der Waals surface area contributed by atoms with Crippen LogP contribution in [0.2, 0.25) is 0 Å². The van der Waals surface area contributed by atoms with E-state index in [9.17, 15) is 22.0 Å². The van der Waals surface area contributed by atoms with Crippen molar-refractivity contribution in [3.63, 3.8) is 0 Å². The van der Waals surface area contributed by atoms with Gasteiger partial charge in [0.2, 0.25) is 0 Å². The van der Waals surface area contributed by atoms with Gasteiger partial charge in [-0.3, -0.25) is 0 Å². The Labute approximate surface area is 177 Å². The van der Waals surface area contributed by atoms with Crippen LogP contribution < -0.4 is 4.74 Å². The fourth-order valence-electron chi connectivity index (χ4n) is 4.22. The minimum absolute atomic E-state index is 0.0116. The lowest BCUT2D eigenvalue weighted by Gasteiger charge is -2.26. The summed E-state index contributed by atoms with van der Waals surface area (Å²) in [6.45, 7) is 1.97. The van der Waals surface area contributed by atoms with Crippen LogP contribution in [-0.4, -0.2) is 6.36 Å². The summed E-state index contributed by atoms with van der Waals surface area (Å²) in [6, 6.07) is 13.7. The van der Waals surface area contributed by atoms with E-state index in [4.69, 9.17) is 0 Å². The highest BCUT2D eigenvalue weighted by Gasteiger charge is 2.31. The van der Waals surface area contributed by atoms with Gasteiger partial charge in [0.25, 0.3) is 0 Å². The van der Waals surface area contributed by atoms with Gasteiger partial charge < -0.3 is 4.74 Å². The van der Waals surface area contributed by atoms with E-state index in [-0.39, 0.29) is 17.5 Å². The molecule has 0 amide bonds. The van der Waals surface area contributed by atoms with Gasteiger partial charge in [-0.15, -0.1) is 13.2 Å². The molecule has 0 aromatic heterocycles. The second kappa shape index (κ2) is 8.33. The lowest BCUT2D eigenvalue weighted by Crippen LogP contribution is -2.17. The molecule has 1 nitrogen and oxygen atoms in total. The molecule has 3 aromatic carbocycles. The number of hydrogen-bond donors (Lipinski definition) is 0. The molecule has 0 radical (unpaired) electrons. The van der Waals surface area contributed by atoms with Gasteiger partial charge in [0.15, 0.2) is 0 Å². The molecule has 0 saturated heterocycles. The molecule has 0 N–H and O–H groups in total. The third-order valence-corrected chi connectivity index (χ3v) is 5.83. The molecule has 0 spiro atoms. The smallest absolute Gasteiger partial charge is 0.406 e. The van der Waals surface area contributed by atoms with Gasteiger partial charge in [-0.05, 0) is 89.8 Å². The zero-order chi connectivity index (χ0) is 22.2. The van der Waals surface area contributed by atoms with Gasteiger partial charge in [0.05, 0.1) is 0 Å². The summed E-state index contributed by atoms with van der Waals surface area (Å²) in [7, 11) is 0. The van der Waals surface area contributed by atoms with Crippen LogP contribution in [0.5, 0.6) is 5.75 Å². The van der Waals surface area contributed by atoms with Crippen LogP contribution in [0.15, 0.2) is 54.6 Å². The maximum atomic E-state index is 14.9. The molecule has 162 valence electrons. The van der Waals surface area contributed by atoms with Crippen molar-refractivity contribution in [2.24, 2.45) is 0 Å². The summed E-state index contributed by atoms with van der Waals surface area (Å²) < 4.78 is 70.3. The van der Waals surface area contributed by atoms with E-state index in [0.29, 0.717) is 29.5 Å². The number of fused-ring (bicyclic) bond motifs is 1. The monoisotopic (exact) mass is 432 g/mol. The number of ether oxygens (including phenoxy) is 1. The Kier molecular flexibility index (Phi) is 5.73. The molecule has 4 rings (SSSR count). The maximum Gasteiger partial charge on any atom is 0.573 e. The minimum Gasteiger partial charge on any atom is -0.406 e. The molecule has 1 atom stereocenters. The highest BCUT2D eigenvalue weighted by atomic mass is 19.4. The van der Waals surface area contributed by atoms with Crippen molar-refractivity contribution in [2.75, 3.05) is 0 Å². The average molecular weight is 432 g/mol. The van der Waals surface area contributed by atoms with Gasteiger partial charge in [-0.2, -0.15) is 0 Å². The lowest BCUT2D eigenvalue weighted by molar-refractivity contribution is -0.274. The number of benzene rings is 3. The molecular formula is C25H21F5O. The van der Waals surface area contributed by atoms with Gasteiger partial charge in [-0.25, -0.2) is 8.78 Å². The van der Waals surface area contributed by atoms with E-state index in [0.717, 1.165) is 29.5 Å². The summed E-state index contributed by atoms with van der Waals surface area (Å²) in [5.74, 6) is -1.03. The van der Waals surface area contributed by atoms with E-state index in [1.54, 1.807) is 12.1 Å². The molecule has 31 heavy (non-hydrogen) atoms. The molecule has 0 aliphatic heterocycles. The summed E-state index contributed by atoms with van der Waals surface area (Å²) >= 11 is 0. The second-order valence-corrected chi connectivity index (χ2v) is 7.82. The van der Waals surface area contributed by atoms with E-state index in [1.807, 2.05) is 19.1 Å². The number of halogens is 5. The van der Waals surface area contributed by atoms with Crippen LogP contribution in [0.4, 0.5) is 22.0 Å². The van der Waals surface area contributed by atoms with Gasteiger partial charge >= 0.3 is 6.36 Å². The SMILES string of the molecule is CCc1ccc(C2CCc3cc(-c4ccc(OC(F)(F)F)cc4)c(F)cc3C2)c(F)c1. The first-order valence-electron chi connectivity index (χ1n) is 10.2. The fourth-order valence-corrected chi connectivity index (χ4v) is 4.22. The van der Waals surface area contributed by atoms with E-state index in [1.165, 1.54) is 30.3 Å². The number of alkyl halides is 3. The molecule has 6 heteroatoms. The summed E-state index contributed by atoms with van der Waals surface area (Å²) in [4.78, 5) is 0. The van der Waals surface area contributed by atoms with E-state index >= 15 is 0 Å². The van der Waals surface area contributed by atoms with Crippen LogP contribution in [0, 0.1) is 11.6 Å². The Morgan fingerprint density at radius 1 is 0.903 bits per heavy atom. The van der Waals surface area contributed by atoms with Crippen LogP contribution in [0.1, 0.15) is 41.5 Å².